The van der Waals surface area contributed by atoms with Gasteiger partial charge in [0.2, 0.25) is 11.2 Å². The van der Waals surface area contributed by atoms with Crippen LogP contribution in [-0.4, -0.2) is 189 Å². The molecule has 32 nitrogen and oxygen atoms in total. The Hall–Kier alpha value is -12.5. The second-order valence-electron chi connectivity index (χ2n) is 21.5. The van der Waals surface area contributed by atoms with Crippen molar-refractivity contribution >= 4 is 122 Å². The molecule has 0 amide bonds. The number of rotatable bonds is 33. The molecule has 34 heteroatoms. The van der Waals surface area contributed by atoms with Crippen LogP contribution in [0.3, 0.4) is 0 Å². The highest BCUT2D eigenvalue weighted by Gasteiger charge is 2.28. The van der Waals surface area contributed by atoms with Gasteiger partial charge >= 0.3 is 53.7 Å². The summed E-state index contributed by atoms with van der Waals surface area (Å²) in [5.74, 6) is -11.9. The first-order valence-electron chi connectivity index (χ1n) is 28.9. The van der Waals surface area contributed by atoms with Gasteiger partial charge in [-0.3, -0.25) is 43.2 Å². The van der Waals surface area contributed by atoms with Gasteiger partial charge in [0, 0.05) is 40.1 Å². The van der Waals surface area contributed by atoms with E-state index < -0.39 is 117 Å². The molecular weight excluding hydrogens is 1350 g/mol. The number of hydrogen-bond donors (Lipinski definition) is 10. The number of halogens is 2. The molecule has 518 valence electrons. The largest absolute Gasteiger partial charge is 0.506 e. The highest BCUT2D eigenvalue weighted by Crippen LogP contribution is 2.46. The first-order chi connectivity index (χ1) is 46.9. The Kier molecular flexibility index (Phi) is 23.3. The highest BCUT2D eigenvalue weighted by atomic mass is 35.5. The van der Waals surface area contributed by atoms with E-state index in [2.05, 4.69) is 4.98 Å². The van der Waals surface area contributed by atoms with E-state index in [9.17, 15) is 93.9 Å². The van der Waals surface area contributed by atoms with Crippen molar-refractivity contribution in [2.75, 3.05) is 98.4 Å². The number of furan rings is 1. The number of aromatic hydroxyl groups is 1. The van der Waals surface area contributed by atoms with Gasteiger partial charge in [0.15, 0.2) is 5.76 Å². The summed E-state index contributed by atoms with van der Waals surface area (Å²) in [6, 6.07) is 23.7. The van der Waals surface area contributed by atoms with Gasteiger partial charge in [-0.05, 0) is 91.2 Å². The molecule has 0 atom stereocenters. The van der Waals surface area contributed by atoms with Crippen LogP contribution >= 0.6 is 23.2 Å². The Balaban J connectivity index is 0.000000255. The molecule has 0 unspecified atom stereocenters. The van der Waals surface area contributed by atoms with Crippen molar-refractivity contribution in [1.29, 1.82) is 0 Å². The van der Waals surface area contributed by atoms with E-state index >= 15 is 0 Å². The lowest BCUT2D eigenvalue weighted by molar-refractivity contribution is -0.138. The maximum Gasteiger partial charge on any atom is 0.373 e. The summed E-state index contributed by atoms with van der Waals surface area (Å²) < 4.78 is 40.7. The fourth-order valence-corrected chi connectivity index (χ4v) is 10.4. The number of benzene rings is 6. The summed E-state index contributed by atoms with van der Waals surface area (Å²) in [6.45, 7) is -2.50. The average molecular weight is 1410 g/mol. The lowest BCUT2D eigenvalue weighted by atomic mass is 9.93. The molecule has 7 aromatic rings. The number of carboxylic acid groups (broad SMARTS) is 9. The molecule has 0 saturated carbocycles. The molecule has 1 aliphatic heterocycles. The Morgan fingerprint density at radius 3 is 1.29 bits per heavy atom. The van der Waals surface area contributed by atoms with Gasteiger partial charge in [-0.25, -0.2) is 9.78 Å². The summed E-state index contributed by atoms with van der Waals surface area (Å²) in [4.78, 5) is 124. The second-order valence-corrected chi connectivity index (χ2v) is 22.3. The Labute approximate surface area is 566 Å². The van der Waals surface area contributed by atoms with Crippen molar-refractivity contribution in [3.8, 4) is 62.8 Å². The topological polar surface area (TPSA) is 475 Å². The number of fused-ring (bicyclic) bond motifs is 3. The van der Waals surface area contributed by atoms with Crippen LogP contribution in [-0.2, 0) is 38.4 Å². The van der Waals surface area contributed by atoms with Crippen LogP contribution in [0.1, 0.15) is 21.7 Å². The number of aromatic carboxylic acids is 1. The zero-order valence-electron chi connectivity index (χ0n) is 51.7. The average Bonchev–Trinajstić information content (AvgIpc) is 1.27. The third kappa shape index (κ3) is 18.9. The quantitative estimate of drug-likeness (QED) is 0.0138. The second kappa shape index (κ2) is 31.9. The van der Waals surface area contributed by atoms with Crippen LogP contribution in [0.4, 0.5) is 22.7 Å². The Morgan fingerprint density at radius 1 is 0.444 bits per heavy atom. The van der Waals surface area contributed by atoms with E-state index in [-0.39, 0.29) is 117 Å². The fraction of sp³-hybridized carbons (Fsp3) is 0.215. The number of phenols is 1. The number of aryl methyl sites for hydroxylation is 2. The summed E-state index contributed by atoms with van der Waals surface area (Å²) in [5.41, 5.74) is 3.05. The van der Waals surface area contributed by atoms with Crippen molar-refractivity contribution in [2.45, 2.75) is 13.8 Å². The van der Waals surface area contributed by atoms with Crippen LogP contribution in [0.25, 0.3) is 56.0 Å². The Bertz CT molecular complexity index is 4580. The number of aromatic nitrogens is 1. The first-order valence-corrected chi connectivity index (χ1v) is 29.6. The summed E-state index contributed by atoms with van der Waals surface area (Å²) in [5, 5.41) is 95.5. The van der Waals surface area contributed by atoms with Gasteiger partial charge in [0.05, 0.1) is 39.0 Å². The zero-order chi connectivity index (χ0) is 72.1. The van der Waals surface area contributed by atoms with Crippen molar-refractivity contribution < 1.29 is 126 Å². The van der Waals surface area contributed by atoms with Crippen molar-refractivity contribution in [1.82, 2.24) is 4.98 Å². The van der Waals surface area contributed by atoms with Gasteiger partial charge in [0.25, 0.3) is 5.89 Å². The van der Waals surface area contributed by atoms with Crippen LogP contribution < -0.4 is 44.0 Å². The van der Waals surface area contributed by atoms with E-state index in [4.69, 9.17) is 60.5 Å². The molecule has 3 heterocycles. The minimum absolute atomic E-state index is 0.0139. The summed E-state index contributed by atoms with van der Waals surface area (Å²) in [7, 11) is 0. The molecule has 10 N–H and O–H groups in total. The molecule has 0 fully saturated rings. The standard InChI is InChI=1S/C36H30Cl2N2O13.C29H27N3O14/c1-18-2-4-24(39(14-32(43)44)15-33(45)46)30(8-18)51-6-7-52-31-9-19(3-5-25(31)40(16-34(47)48)17-35(49)50)36-20-10-22(37)26(41)12-28(20)53-29-13-27(42)23(38)11-21(29)36;1-15-2-3-17(31(11-24(33)34)12-25(35)36)20(6-15)43-4-5-44-21-7-16-8-22(28-30-10-23(46-28)29(41)42)45-19(16)9-18(21)32(13-26(37)38)14-27(39)40/h2-5,8-13,41H,6-7,14-17H2,1H3,(H,43,44)(H,45,46)(H,47,48)(H,49,50);2-3,6-10H,4-5,11-14H2,1H3,(H,33,34)(H,35,36)(H,37,38)(H,39,40)(H,41,42). The number of carboxylic acids is 9. The third-order valence-electron chi connectivity index (χ3n) is 14.0. The monoisotopic (exact) mass is 1410 g/mol. The molecule has 0 bridgehead atoms. The van der Waals surface area contributed by atoms with Gasteiger partial charge in [-0.2, -0.15) is 0 Å². The van der Waals surface area contributed by atoms with E-state index in [0.717, 1.165) is 36.9 Å². The number of nitrogens with zero attached hydrogens (tertiary/aromatic N) is 5. The highest BCUT2D eigenvalue weighted by molar-refractivity contribution is 6.33. The van der Waals surface area contributed by atoms with Crippen molar-refractivity contribution in [3.63, 3.8) is 0 Å². The van der Waals surface area contributed by atoms with E-state index in [0.29, 0.717) is 27.5 Å². The van der Waals surface area contributed by atoms with E-state index in [1.54, 1.807) is 44.2 Å². The molecular formula is C65H57Cl2N5O27. The van der Waals surface area contributed by atoms with Crippen LogP contribution in [0.2, 0.25) is 10.0 Å². The number of hydrogen-bond acceptors (Lipinski definition) is 23. The normalized spacial score (nSPS) is 10.9. The molecule has 0 saturated heterocycles. The molecule has 2 aromatic heterocycles. The van der Waals surface area contributed by atoms with Crippen LogP contribution in [0.15, 0.2) is 121 Å². The fourth-order valence-electron chi connectivity index (χ4n) is 10.1. The minimum atomic E-state index is -1.35. The van der Waals surface area contributed by atoms with Gasteiger partial charge < -0.3 is 103 Å². The molecule has 2 aliphatic rings. The van der Waals surface area contributed by atoms with Gasteiger partial charge in [0.1, 0.15) is 124 Å². The Morgan fingerprint density at radius 2 is 0.859 bits per heavy atom. The molecule has 99 heavy (non-hydrogen) atoms. The van der Waals surface area contributed by atoms with Crippen LogP contribution in [0.5, 0.6) is 28.7 Å². The predicted octanol–water partition coefficient (Wildman–Crippen LogP) is 7.80. The number of ether oxygens (including phenoxy) is 4. The summed E-state index contributed by atoms with van der Waals surface area (Å²) >= 11 is 12.5. The maximum absolute atomic E-state index is 12.5. The zero-order valence-corrected chi connectivity index (χ0v) is 53.2. The van der Waals surface area contributed by atoms with Crippen molar-refractivity contribution in [2.24, 2.45) is 0 Å². The first kappa shape index (κ1) is 72.4. The van der Waals surface area contributed by atoms with E-state index in [1.807, 2.05) is 0 Å². The molecule has 0 spiro atoms. The lowest BCUT2D eigenvalue weighted by Crippen LogP contribution is -2.35. The molecule has 9 rings (SSSR count). The number of aliphatic carboxylic acids is 8. The predicted molar refractivity (Wildman–Crippen MR) is 349 cm³/mol. The molecule has 0 radical (unpaired) electrons. The number of carbonyl (C=O) groups is 9. The summed E-state index contributed by atoms with van der Waals surface area (Å²) in [6.07, 6.45) is 0.995. The number of anilines is 4. The SMILES string of the molecule is Cc1ccc(N(CC(=O)O)CC(=O)O)c(OCCOc2cc(-c3c4cc(Cl)c(=O)cc-4oc4cc(O)c(Cl)cc34)ccc2N(CC(=O)O)CC(=O)O)c1.Cc1ccc(N(CC(=O)O)CC(=O)O)c(OCCOc2cc3cc(-c4ncc(C(=O)O)o4)oc3cc2N(CC(=O)O)CC(=O)O)c1. The van der Waals surface area contributed by atoms with Crippen molar-refractivity contribution in [3.05, 3.63) is 140 Å². The van der Waals surface area contributed by atoms with Gasteiger partial charge in [-0.15, -0.1) is 0 Å². The third-order valence-corrected chi connectivity index (χ3v) is 14.6. The maximum atomic E-state index is 12.5. The van der Waals surface area contributed by atoms with E-state index in [1.165, 1.54) is 66.7 Å². The molecule has 1 aliphatic carbocycles. The number of oxazole rings is 1. The number of phenolic OH excluding ortho intramolecular Hbond substituents is 1. The molecule has 5 aromatic carbocycles. The minimum Gasteiger partial charge on any atom is -0.506 e. The van der Waals surface area contributed by atoms with Gasteiger partial charge in [-0.1, -0.05) is 41.4 Å². The lowest BCUT2D eigenvalue weighted by Gasteiger charge is -2.25. The van der Waals surface area contributed by atoms with Crippen LogP contribution in [0, 0.1) is 13.8 Å². The smallest absolute Gasteiger partial charge is 0.373 e.